The Balaban J connectivity index is 1.73. The molecule has 4 rings (SSSR count). The lowest BCUT2D eigenvalue weighted by molar-refractivity contribution is 0.476. The van der Waals surface area contributed by atoms with E-state index in [0.29, 0.717) is 11.7 Å². The first-order valence-corrected chi connectivity index (χ1v) is 10.6. The van der Waals surface area contributed by atoms with Crippen LogP contribution in [0.2, 0.25) is 0 Å². The fraction of sp³-hybridized carbons (Fsp3) is 0.259. The summed E-state index contributed by atoms with van der Waals surface area (Å²) in [4.78, 5) is 0. The molecule has 0 amide bonds. The van der Waals surface area contributed by atoms with E-state index < -0.39 is 0 Å². The van der Waals surface area contributed by atoms with E-state index in [9.17, 15) is 5.11 Å². The van der Waals surface area contributed by atoms with Crippen molar-refractivity contribution in [1.29, 1.82) is 0 Å². The molecule has 0 bridgehead atoms. The Morgan fingerprint density at radius 2 is 1.45 bits per heavy atom. The van der Waals surface area contributed by atoms with Gasteiger partial charge in [-0.1, -0.05) is 74.5 Å². The van der Waals surface area contributed by atoms with Crippen molar-refractivity contribution < 1.29 is 5.11 Å². The van der Waals surface area contributed by atoms with Crippen molar-refractivity contribution in [3.63, 3.8) is 0 Å². The molecule has 0 atom stereocenters. The molecule has 2 nitrogen and oxygen atoms in total. The molecule has 0 saturated carbocycles. The van der Waals surface area contributed by atoms with Crippen LogP contribution < -0.4 is 0 Å². The van der Waals surface area contributed by atoms with Crippen LogP contribution in [0.4, 0.5) is 0 Å². The standard InChI is InChI=1S/C27H29NO/c1-20(2)27-24(15-9-14-21-10-5-3-6-11-21)25-18-23(29)16-17-26(25)28(27)19-22-12-7-4-8-13-22/h3-8,10-13,16-18,20,29H,9,14-15,19H2,1-2H3. The smallest absolute Gasteiger partial charge is 0.116 e. The summed E-state index contributed by atoms with van der Waals surface area (Å²) in [5.41, 5.74) is 6.68. The summed E-state index contributed by atoms with van der Waals surface area (Å²) in [6.07, 6.45) is 3.19. The highest BCUT2D eigenvalue weighted by molar-refractivity contribution is 5.87. The molecule has 1 aromatic heterocycles. The van der Waals surface area contributed by atoms with Gasteiger partial charge in [-0.3, -0.25) is 0 Å². The predicted octanol–water partition coefficient (Wildman–Crippen LogP) is 6.69. The zero-order valence-electron chi connectivity index (χ0n) is 17.3. The number of phenolic OH excluding ortho intramolecular Hbond substituents is 1. The Bertz CT molecular complexity index is 1080. The lowest BCUT2D eigenvalue weighted by Crippen LogP contribution is -2.07. The highest BCUT2D eigenvalue weighted by Crippen LogP contribution is 2.35. The molecule has 0 aliphatic rings. The second-order valence-electron chi connectivity index (χ2n) is 8.13. The average Bonchev–Trinajstić information content (AvgIpc) is 3.02. The van der Waals surface area contributed by atoms with E-state index in [4.69, 9.17) is 0 Å². The summed E-state index contributed by atoms with van der Waals surface area (Å²) in [6.45, 7) is 5.40. The number of aryl methyl sites for hydroxylation is 2. The second kappa shape index (κ2) is 8.57. The van der Waals surface area contributed by atoms with Crippen LogP contribution >= 0.6 is 0 Å². The minimum absolute atomic E-state index is 0.342. The van der Waals surface area contributed by atoms with Crippen LogP contribution in [-0.2, 0) is 19.4 Å². The van der Waals surface area contributed by atoms with E-state index in [1.807, 2.05) is 12.1 Å². The van der Waals surface area contributed by atoms with Crippen molar-refractivity contribution >= 4 is 10.9 Å². The number of hydrogen-bond acceptors (Lipinski definition) is 1. The Hall–Kier alpha value is -3.00. The number of phenols is 1. The van der Waals surface area contributed by atoms with E-state index in [1.54, 1.807) is 0 Å². The molecule has 1 N–H and O–H groups in total. The summed E-state index contributed by atoms with van der Waals surface area (Å²) >= 11 is 0. The lowest BCUT2D eigenvalue weighted by Gasteiger charge is -2.16. The summed E-state index contributed by atoms with van der Waals surface area (Å²) < 4.78 is 2.45. The number of aromatic hydroxyl groups is 1. The number of rotatable bonds is 7. The van der Waals surface area contributed by atoms with Crippen molar-refractivity contribution in [3.8, 4) is 5.75 Å². The third-order valence-corrected chi connectivity index (χ3v) is 5.66. The maximum atomic E-state index is 10.2. The first-order valence-electron chi connectivity index (χ1n) is 10.6. The molecule has 0 spiro atoms. The van der Waals surface area contributed by atoms with Crippen LogP contribution in [0.1, 0.15) is 48.6 Å². The van der Waals surface area contributed by atoms with Gasteiger partial charge in [0.2, 0.25) is 0 Å². The molecule has 4 aromatic rings. The second-order valence-corrected chi connectivity index (χ2v) is 8.13. The van der Waals surface area contributed by atoms with Gasteiger partial charge in [-0.25, -0.2) is 0 Å². The van der Waals surface area contributed by atoms with Crippen LogP contribution in [0.25, 0.3) is 10.9 Å². The zero-order chi connectivity index (χ0) is 20.2. The molecule has 29 heavy (non-hydrogen) atoms. The van der Waals surface area contributed by atoms with E-state index >= 15 is 0 Å². The highest BCUT2D eigenvalue weighted by atomic mass is 16.3. The molecule has 3 aromatic carbocycles. The molecule has 0 aliphatic carbocycles. The van der Waals surface area contributed by atoms with E-state index in [0.717, 1.165) is 25.8 Å². The molecule has 0 unspecified atom stereocenters. The first-order chi connectivity index (χ1) is 14.1. The van der Waals surface area contributed by atoms with Crippen LogP contribution in [0, 0.1) is 0 Å². The number of hydrogen-bond donors (Lipinski definition) is 1. The quantitative estimate of drug-likeness (QED) is 0.378. The van der Waals surface area contributed by atoms with Gasteiger partial charge < -0.3 is 9.67 Å². The Kier molecular flexibility index (Phi) is 5.71. The van der Waals surface area contributed by atoms with E-state index in [-0.39, 0.29) is 0 Å². The van der Waals surface area contributed by atoms with Crippen LogP contribution in [0.5, 0.6) is 5.75 Å². The zero-order valence-corrected chi connectivity index (χ0v) is 17.3. The van der Waals surface area contributed by atoms with Gasteiger partial charge in [-0.05, 0) is 60.1 Å². The third kappa shape index (κ3) is 4.22. The van der Waals surface area contributed by atoms with Crippen LogP contribution in [-0.4, -0.2) is 9.67 Å². The van der Waals surface area contributed by atoms with Gasteiger partial charge in [-0.15, -0.1) is 0 Å². The van der Waals surface area contributed by atoms with Crippen LogP contribution in [0.15, 0.2) is 78.9 Å². The normalized spacial score (nSPS) is 11.4. The minimum Gasteiger partial charge on any atom is -0.508 e. The maximum absolute atomic E-state index is 10.2. The molecule has 0 fully saturated rings. The molecule has 0 radical (unpaired) electrons. The fourth-order valence-electron chi connectivity index (χ4n) is 4.40. The Morgan fingerprint density at radius 3 is 2.10 bits per heavy atom. The number of nitrogens with zero attached hydrogens (tertiary/aromatic N) is 1. The molecule has 0 aliphatic heterocycles. The maximum Gasteiger partial charge on any atom is 0.116 e. The van der Waals surface area contributed by atoms with Gasteiger partial charge in [0.1, 0.15) is 5.75 Å². The molecular weight excluding hydrogens is 354 g/mol. The minimum atomic E-state index is 0.342. The van der Waals surface area contributed by atoms with Gasteiger partial charge in [0, 0.05) is 23.1 Å². The molecule has 0 saturated heterocycles. The van der Waals surface area contributed by atoms with Crippen molar-refractivity contribution in [3.05, 3.63) is 101 Å². The average molecular weight is 384 g/mol. The summed E-state index contributed by atoms with van der Waals surface area (Å²) in [5, 5.41) is 11.4. The van der Waals surface area contributed by atoms with E-state index in [1.165, 1.54) is 33.3 Å². The third-order valence-electron chi connectivity index (χ3n) is 5.66. The largest absolute Gasteiger partial charge is 0.508 e. The van der Waals surface area contributed by atoms with Gasteiger partial charge >= 0.3 is 0 Å². The highest BCUT2D eigenvalue weighted by Gasteiger charge is 2.20. The summed E-state index contributed by atoms with van der Waals surface area (Å²) in [5.74, 6) is 0.758. The molecule has 1 heterocycles. The fourth-order valence-corrected chi connectivity index (χ4v) is 4.40. The predicted molar refractivity (Wildman–Crippen MR) is 122 cm³/mol. The number of fused-ring (bicyclic) bond motifs is 1. The Labute approximate surface area is 173 Å². The van der Waals surface area contributed by atoms with Crippen molar-refractivity contribution in [2.24, 2.45) is 0 Å². The van der Waals surface area contributed by atoms with Crippen molar-refractivity contribution in [1.82, 2.24) is 4.57 Å². The van der Waals surface area contributed by atoms with E-state index in [2.05, 4.69) is 85.1 Å². The van der Waals surface area contributed by atoms with Crippen molar-refractivity contribution in [2.75, 3.05) is 0 Å². The van der Waals surface area contributed by atoms with Gasteiger partial charge in [0.05, 0.1) is 0 Å². The topological polar surface area (TPSA) is 25.2 Å². The van der Waals surface area contributed by atoms with Gasteiger partial charge in [0.15, 0.2) is 0 Å². The first kappa shape index (κ1) is 19.3. The molecule has 148 valence electrons. The molecular formula is C27H29NO. The molecule has 2 heteroatoms. The van der Waals surface area contributed by atoms with Crippen molar-refractivity contribution in [2.45, 2.75) is 45.6 Å². The lowest BCUT2D eigenvalue weighted by atomic mass is 9.97. The Morgan fingerprint density at radius 1 is 0.793 bits per heavy atom. The SMILES string of the molecule is CC(C)c1c(CCCc2ccccc2)c2cc(O)ccc2n1Cc1ccccc1. The van der Waals surface area contributed by atoms with Gasteiger partial charge in [0.25, 0.3) is 0 Å². The number of benzene rings is 3. The summed E-state index contributed by atoms with van der Waals surface area (Å²) in [6, 6.07) is 27.2. The monoisotopic (exact) mass is 383 g/mol. The van der Waals surface area contributed by atoms with Crippen LogP contribution in [0.3, 0.4) is 0 Å². The number of aromatic nitrogens is 1. The summed E-state index contributed by atoms with van der Waals surface area (Å²) in [7, 11) is 0. The van der Waals surface area contributed by atoms with Gasteiger partial charge in [-0.2, -0.15) is 0 Å².